The first-order valence-electron chi connectivity index (χ1n) is 13.9. The monoisotopic (exact) mass is 614 g/mol. The van der Waals surface area contributed by atoms with Crippen molar-refractivity contribution in [2.45, 2.75) is 13.8 Å². The Balaban J connectivity index is 0. The molecule has 3 rings (SSSR count). The number of carbonyl (C=O) groups excluding carboxylic acids is 2. The zero-order chi connectivity index (χ0) is 34.8. The lowest BCUT2D eigenvalue weighted by Crippen LogP contribution is -1.98. The van der Waals surface area contributed by atoms with E-state index >= 15 is 0 Å². The van der Waals surface area contributed by atoms with Gasteiger partial charge in [-0.2, -0.15) is 10.5 Å². The van der Waals surface area contributed by atoms with Crippen LogP contribution < -0.4 is 0 Å². The average Bonchev–Trinajstić information content (AvgIpc) is 3.10. The Kier molecular flexibility index (Phi) is 27.5. The molecule has 0 N–H and O–H groups in total. The van der Waals surface area contributed by atoms with Crippen molar-refractivity contribution >= 4 is 30.2 Å². The summed E-state index contributed by atoms with van der Waals surface area (Å²) in [6, 6.07) is 33.8. The molecule has 0 aliphatic carbocycles. The first-order valence-corrected chi connectivity index (χ1v) is 13.9. The minimum absolute atomic E-state index is 0.347. The van der Waals surface area contributed by atoms with Crippen LogP contribution in [0.5, 0.6) is 0 Å². The van der Waals surface area contributed by atoms with Crippen molar-refractivity contribution in [2.24, 2.45) is 0 Å². The third kappa shape index (κ3) is 26.6. The van der Waals surface area contributed by atoms with Gasteiger partial charge in [0, 0.05) is 23.3 Å². The summed E-state index contributed by atoms with van der Waals surface area (Å²) in [6.45, 7) is 13.5. The number of methoxy groups -OCH3 is 2. The first-order chi connectivity index (χ1) is 22.2. The van der Waals surface area contributed by atoms with Gasteiger partial charge < -0.3 is 9.47 Å². The molecule has 0 aliphatic rings. The Morgan fingerprint density at radius 1 is 0.587 bits per heavy atom. The van der Waals surface area contributed by atoms with E-state index in [0.29, 0.717) is 11.1 Å². The fourth-order valence-electron chi connectivity index (χ4n) is 2.60. The lowest BCUT2D eigenvalue weighted by molar-refractivity contribution is -0.136. The smallest absolute Gasteiger partial charge is 0.332 e. The van der Waals surface area contributed by atoms with Crippen LogP contribution in [0.15, 0.2) is 158 Å². The number of esters is 2. The van der Waals surface area contributed by atoms with E-state index in [1.54, 1.807) is 26.0 Å². The number of nitriles is 2. The molecule has 0 fully saturated rings. The highest BCUT2D eigenvalue weighted by Crippen LogP contribution is 2.01. The normalized spacial score (nSPS) is 9.35. The van der Waals surface area contributed by atoms with Gasteiger partial charge in [-0.25, -0.2) is 9.59 Å². The Labute approximate surface area is 274 Å². The molecule has 0 heterocycles. The topological polar surface area (TPSA) is 100 Å². The maximum atomic E-state index is 10.2. The standard InChI is InChI=1S/2C11H9N.C8H8.2C5H8O2/c2*12-10-6-2-5-9-11-7-3-1-4-8-11;1-2-8-6-4-3-5-7-8;2*1-4(2)5(6)7-3/h2*1-9H;2-7H,1H2;2*1H2,2-3H3. The Morgan fingerprint density at radius 2 is 0.891 bits per heavy atom. The molecular formula is C40H42N2O4. The molecule has 0 atom stereocenters. The Hall–Kier alpha value is -6.24. The number of carbonyl (C=O) groups is 2. The molecule has 6 nitrogen and oxygen atoms in total. The van der Waals surface area contributed by atoms with Crippen molar-refractivity contribution in [1.29, 1.82) is 10.5 Å². The second-order valence-electron chi connectivity index (χ2n) is 8.67. The van der Waals surface area contributed by atoms with Gasteiger partial charge in [0.1, 0.15) is 0 Å². The molecule has 46 heavy (non-hydrogen) atoms. The fourth-order valence-corrected chi connectivity index (χ4v) is 2.60. The predicted octanol–water partition coefficient (Wildman–Crippen LogP) is 9.36. The van der Waals surface area contributed by atoms with Gasteiger partial charge in [-0.05, 0) is 30.5 Å². The van der Waals surface area contributed by atoms with Crippen molar-refractivity contribution in [2.75, 3.05) is 14.2 Å². The molecule has 6 heteroatoms. The molecule has 0 aromatic heterocycles. The fraction of sp³-hybridized carbons (Fsp3) is 0.100. The second kappa shape index (κ2) is 30.2. The third-order valence-electron chi connectivity index (χ3n) is 4.84. The molecular weight excluding hydrogens is 572 g/mol. The SMILES string of the molecule is C=C(C)C(=O)OC.C=C(C)C(=O)OC.C=Cc1ccccc1.N#CC=CC=Cc1ccccc1.N#CC=CC=Cc1ccccc1. The maximum Gasteiger partial charge on any atom is 0.332 e. The van der Waals surface area contributed by atoms with Crippen molar-refractivity contribution in [3.8, 4) is 12.1 Å². The number of nitrogens with zero attached hydrogens (tertiary/aromatic N) is 2. The zero-order valence-corrected chi connectivity index (χ0v) is 27.0. The minimum atomic E-state index is -0.347. The van der Waals surface area contributed by atoms with E-state index in [1.807, 2.05) is 134 Å². The van der Waals surface area contributed by atoms with Gasteiger partial charge in [0.15, 0.2) is 0 Å². The highest BCUT2D eigenvalue weighted by molar-refractivity contribution is 5.87. The van der Waals surface area contributed by atoms with Gasteiger partial charge >= 0.3 is 11.9 Å². The summed E-state index contributed by atoms with van der Waals surface area (Å²) < 4.78 is 8.55. The van der Waals surface area contributed by atoms with E-state index in [-0.39, 0.29) is 11.9 Å². The lowest BCUT2D eigenvalue weighted by atomic mass is 10.2. The highest BCUT2D eigenvalue weighted by Gasteiger charge is 1.96. The van der Waals surface area contributed by atoms with Crippen molar-refractivity contribution in [3.05, 3.63) is 175 Å². The van der Waals surface area contributed by atoms with Crippen molar-refractivity contribution < 1.29 is 19.1 Å². The van der Waals surface area contributed by atoms with Gasteiger partial charge in [-0.3, -0.25) is 0 Å². The van der Waals surface area contributed by atoms with Crippen LogP contribution in [0.3, 0.4) is 0 Å². The molecule has 3 aromatic rings. The van der Waals surface area contributed by atoms with Crippen LogP contribution in [0.4, 0.5) is 0 Å². The van der Waals surface area contributed by atoms with E-state index in [4.69, 9.17) is 10.5 Å². The molecule has 0 amide bonds. The summed E-state index contributed by atoms with van der Waals surface area (Å²) in [5, 5.41) is 16.4. The molecule has 0 spiro atoms. The van der Waals surface area contributed by atoms with E-state index in [9.17, 15) is 9.59 Å². The van der Waals surface area contributed by atoms with Crippen LogP contribution in [0, 0.1) is 22.7 Å². The number of hydrogen-bond acceptors (Lipinski definition) is 6. The number of rotatable bonds is 7. The highest BCUT2D eigenvalue weighted by atomic mass is 16.5. The van der Waals surface area contributed by atoms with Crippen LogP contribution in [0.1, 0.15) is 30.5 Å². The molecule has 0 radical (unpaired) electrons. The van der Waals surface area contributed by atoms with Crippen LogP contribution in [0.25, 0.3) is 18.2 Å². The van der Waals surface area contributed by atoms with E-state index < -0.39 is 0 Å². The lowest BCUT2D eigenvalue weighted by Gasteiger charge is -1.91. The largest absolute Gasteiger partial charge is 0.466 e. The second-order valence-corrected chi connectivity index (χ2v) is 8.67. The van der Waals surface area contributed by atoms with E-state index in [2.05, 4.69) is 29.2 Å². The van der Waals surface area contributed by atoms with Gasteiger partial charge in [0.25, 0.3) is 0 Å². The zero-order valence-electron chi connectivity index (χ0n) is 27.0. The van der Waals surface area contributed by atoms with Crippen LogP contribution in [-0.4, -0.2) is 26.2 Å². The summed E-state index contributed by atoms with van der Waals surface area (Å²) in [7, 11) is 2.66. The van der Waals surface area contributed by atoms with Gasteiger partial charge in [-0.1, -0.05) is 153 Å². The third-order valence-corrected chi connectivity index (χ3v) is 4.84. The first kappa shape index (κ1) is 41.9. The number of hydrogen-bond donors (Lipinski definition) is 0. The summed E-state index contributed by atoms with van der Waals surface area (Å²) in [4.78, 5) is 20.4. The van der Waals surface area contributed by atoms with Gasteiger partial charge in [-0.15, -0.1) is 0 Å². The van der Waals surface area contributed by atoms with Crippen LogP contribution in [0.2, 0.25) is 0 Å². The predicted molar refractivity (Wildman–Crippen MR) is 191 cm³/mol. The van der Waals surface area contributed by atoms with Gasteiger partial charge in [0.05, 0.1) is 26.4 Å². The molecule has 0 aliphatic heterocycles. The Bertz CT molecular complexity index is 1410. The van der Waals surface area contributed by atoms with Crippen molar-refractivity contribution in [3.63, 3.8) is 0 Å². The average molecular weight is 615 g/mol. The minimum Gasteiger partial charge on any atom is -0.466 e. The van der Waals surface area contributed by atoms with Crippen LogP contribution >= 0.6 is 0 Å². The van der Waals surface area contributed by atoms with E-state index in [1.165, 1.54) is 31.9 Å². The number of ether oxygens (including phenoxy) is 2. The Morgan fingerprint density at radius 3 is 1.09 bits per heavy atom. The summed E-state index contributed by atoms with van der Waals surface area (Å²) >= 11 is 0. The summed E-state index contributed by atoms with van der Waals surface area (Å²) in [5.74, 6) is -0.694. The molecule has 0 saturated heterocycles. The quantitative estimate of drug-likeness (QED) is 0.114. The van der Waals surface area contributed by atoms with Gasteiger partial charge in [0.2, 0.25) is 0 Å². The molecule has 3 aromatic carbocycles. The van der Waals surface area contributed by atoms with Crippen molar-refractivity contribution in [1.82, 2.24) is 0 Å². The summed E-state index contributed by atoms with van der Waals surface area (Å²) in [6.07, 6.45) is 15.7. The summed E-state index contributed by atoms with van der Waals surface area (Å²) in [5.41, 5.74) is 4.32. The number of allylic oxidation sites excluding steroid dienone is 6. The van der Waals surface area contributed by atoms with E-state index in [0.717, 1.165) is 11.1 Å². The molecule has 0 saturated carbocycles. The molecule has 0 unspecified atom stereocenters. The van der Waals surface area contributed by atoms with Crippen LogP contribution in [-0.2, 0) is 19.1 Å². The number of benzene rings is 3. The molecule has 0 bridgehead atoms. The molecule has 236 valence electrons. The maximum absolute atomic E-state index is 10.2.